The van der Waals surface area contributed by atoms with Crippen LogP contribution >= 0.6 is 0 Å². The van der Waals surface area contributed by atoms with E-state index in [9.17, 15) is 0 Å². The Morgan fingerprint density at radius 3 is 2.33 bits per heavy atom. The molecule has 0 aliphatic rings. The number of anilines is 1. The molecule has 0 amide bonds. The minimum absolute atomic E-state index is 0.104. The van der Waals surface area contributed by atoms with Crippen molar-refractivity contribution in [3.63, 3.8) is 0 Å². The molecule has 0 aliphatic heterocycles. The Hall–Kier alpha value is -1.87. The fourth-order valence-corrected chi connectivity index (χ4v) is 1.89. The van der Waals surface area contributed by atoms with Gasteiger partial charge in [0.25, 0.3) is 0 Å². The van der Waals surface area contributed by atoms with Crippen molar-refractivity contribution < 1.29 is 4.74 Å². The molecule has 0 bridgehead atoms. The van der Waals surface area contributed by atoms with Gasteiger partial charge in [-0.05, 0) is 37.1 Å². The predicted octanol–water partition coefficient (Wildman–Crippen LogP) is 3.35. The van der Waals surface area contributed by atoms with E-state index in [0.29, 0.717) is 5.82 Å². The van der Waals surface area contributed by atoms with Gasteiger partial charge in [-0.15, -0.1) is 0 Å². The van der Waals surface area contributed by atoms with Crippen LogP contribution in [0.15, 0.2) is 36.4 Å². The molecule has 1 aromatic carbocycles. The summed E-state index contributed by atoms with van der Waals surface area (Å²) in [7, 11) is 1.71. The Bertz CT molecular complexity index is 535. The number of nitrogen functional groups attached to an aromatic ring is 1. The maximum Gasteiger partial charge on any atom is 0.131 e. The summed E-state index contributed by atoms with van der Waals surface area (Å²) < 4.78 is 5.28. The lowest BCUT2D eigenvalue weighted by Crippen LogP contribution is -1.97. The molecule has 2 rings (SSSR count). The van der Waals surface area contributed by atoms with Crippen molar-refractivity contribution in [2.75, 3.05) is 12.8 Å². The van der Waals surface area contributed by atoms with E-state index < -0.39 is 0 Å². The van der Waals surface area contributed by atoms with Gasteiger partial charge in [0.15, 0.2) is 0 Å². The monoisotopic (exact) mass is 242 g/mol. The van der Waals surface area contributed by atoms with Crippen LogP contribution < -0.4 is 5.73 Å². The predicted molar refractivity (Wildman–Crippen MR) is 74.2 cm³/mol. The number of ether oxygens (including phenoxy) is 1. The van der Waals surface area contributed by atoms with Gasteiger partial charge in [-0.1, -0.05) is 24.3 Å². The molecule has 2 N–H and O–H groups in total. The van der Waals surface area contributed by atoms with Gasteiger partial charge in [0.2, 0.25) is 0 Å². The van der Waals surface area contributed by atoms with Gasteiger partial charge in [-0.3, -0.25) is 0 Å². The Morgan fingerprint density at radius 1 is 1.11 bits per heavy atom. The molecule has 0 saturated carbocycles. The Balaban J connectivity index is 2.34. The number of pyridine rings is 1. The zero-order chi connectivity index (χ0) is 13.1. The first-order valence-electron chi connectivity index (χ1n) is 5.98. The van der Waals surface area contributed by atoms with Crippen molar-refractivity contribution in [2.24, 2.45) is 0 Å². The number of aromatic nitrogens is 1. The van der Waals surface area contributed by atoms with E-state index in [1.165, 1.54) is 0 Å². The number of nitrogens with two attached hydrogens (primary N) is 1. The molecule has 0 spiro atoms. The lowest BCUT2D eigenvalue weighted by atomic mass is 10.0. The third kappa shape index (κ3) is 2.51. The van der Waals surface area contributed by atoms with Crippen molar-refractivity contribution in [2.45, 2.75) is 20.0 Å². The summed E-state index contributed by atoms with van der Waals surface area (Å²) in [5, 5.41) is 0. The minimum Gasteiger partial charge on any atom is -0.383 e. The summed E-state index contributed by atoms with van der Waals surface area (Å²) in [6.07, 6.45) is 0.104. The van der Waals surface area contributed by atoms with Gasteiger partial charge in [-0.2, -0.15) is 0 Å². The van der Waals surface area contributed by atoms with Crippen molar-refractivity contribution in [1.82, 2.24) is 4.98 Å². The summed E-state index contributed by atoms with van der Waals surface area (Å²) >= 11 is 0. The molecule has 0 aliphatic carbocycles. The van der Waals surface area contributed by atoms with Gasteiger partial charge in [-0.25, -0.2) is 4.98 Å². The second kappa shape index (κ2) is 5.19. The lowest BCUT2D eigenvalue weighted by molar-refractivity contribution is 0.119. The molecule has 1 unspecified atom stereocenters. The van der Waals surface area contributed by atoms with Crippen LogP contribution in [0, 0.1) is 6.92 Å². The minimum atomic E-state index is 0.104. The van der Waals surface area contributed by atoms with Gasteiger partial charge in [0.05, 0.1) is 6.10 Å². The second-order valence-electron chi connectivity index (χ2n) is 4.39. The molecule has 0 radical (unpaired) electrons. The topological polar surface area (TPSA) is 48.1 Å². The van der Waals surface area contributed by atoms with Crippen LogP contribution in [0.1, 0.15) is 24.3 Å². The average molecular weight is 242 g/mol. The zero-order valence-electron chi connectivity index (χ0n) is 11.0. The molecule has 1 heterocycles. The fraction of sp³-hybridized carbons (Fsp3) is 0.267. The SMILES string of the molecule is COC(C)c1ccc(-c2ccc(C)nc2N)cc1. The molecular formula is C15H18N2O. The molecule has 0 fully saturated rings. The third-order valence-electron chi connectivity index (χ3n) is 3.11. The smallest absolute Gasteiger partial charge is 0.131 e. The highest BCUT2D eigenvalue weighted by atomic mass is 16.5. The molecule has 1 atom stereocenters. The van der Waals surface area contributed by atoms with Gasteiger partial charge < -0.3 is 10.5 Å². The standard InChI is InChI=1S/C15H18N2O/c1-10-4-9-14(15(16)17-10)13-7-5-12(6-8-13)11(2)18-3/h4-9,11H,1-3H3,(H2,16,17). The number of nitrogens with zero attached hydrogens (tertiary/aromatic N) is 1. The van der Waals surface area contributed by atoms with Crippen LogP contribution in [0.25, 0.3) is 11.1 Å². The molecule has 0 saturated heterocycles. The highest BCUT2D eigenvalue weighted by Crippen LogP contribution is 2.26. The maximum absolute atomic E-state index is 5.94. The lowest BCUT2D eigenvalue weighted by Gasteiger charge is -2.11. The first kappa shape index (κ1) is 12.6. The number of hydrogen-bond acceptors (Lipinski definition) is 3. The molecule has 1 aromatic heterocycles. The second-order valence-corrected chi connectivity index (χ2v) is 4.39. The van der Waals surface area contributed by atoms with E-state index >= 15 is 0 Å². The van der Waals surface area contributed by atoms with E-state index in [2.05, 4.69) is 17.1 Å². The summed E-state index contributed by atoms with van der Waals surface area (Å²) in [5.74, 6) is 0.572. The molecule has 3 heteroatoms. The molecular weight excluding hydrogens is 224 g/mol. The molecule has 3 nitrogen and oxygen atoms in total. The highest BCUT2D eigenvalue weighted by Gasteiger charge is 2.06. The van der Waals surface area contributed by atoms with Crippen LogP contribution in [-0.2, 0) is 4.74 Å². The molecule has 94 valence electrons. The highest BCUT2D eigenvalue weighted by molar-refractivity contribution is 5.73. The summed E-state index contributed by atoms with van der Waals surface area (Å²) in [4.78, 5) is 4.28. The number of aryl methyl sites for hydroxylation is 1. The summed E-state index contributed by atoms with van der Waals surface area (Å²) in [5.41, 5.74) is 10.1. The van der Waals surface area contributed by atoms with Gasteiger partial charge >= 0.3 is 0 Å². The van der Waals surface area contributed by atoms with Gasteiger partial charge in [0, 0.05) is 18.4 Å². The normalized spacial score (nSPS) is 12.4. The maximum atomic E-state index is 5.94. The third-order valence-corrected chi connectivity index (χ3v) is 3.11. The van der Waals surface area contributed by atoms with Crippen molar-refractivity contribution in [3.05, 3.63) is 47.7 Å². The Labute approximate surface area is 108 Å². The summed E-state index contributed by atoms with van der Waals surface area (Å²) in [6.45, 7) is 3.96. The number of hydrogen-bond donors (Lipinski definition) is 1. The quantitative estimate of drug-likeness (QED) is 0.898. The largest absolute Gasteiger partial charge is 0.383 e. The average Bonchev–Trinajstić information content (AvgIpc) is 2.38. The summed E-state index contributed by atoms with van der Waals surface area (Å²) in [6, 6.07) is 12.2. The Kier molecular flexibility index (Phi) is 3.63. The van der Waals surface area contributed by atoms with E-state index in [4.69, 9.17) is 10.5 Å². The zero-order valence-corrected chi connectivity index (χ0v) is 11.0. The molecule has 2 aromatic rings. The van der Waals surface area contributed by atoms with Crippen LogP contribution in [0.2, 0.25) is 0 Å². The Morgan fingerprint density at radius 2 is 1.78 bits per heavy atom. The molecule has 18 heavy (non-hydrogen) atoms. The number of rotatable bonds is 3. The van der Waals surface area contributed by atoms with E-state index in [-0.39, 0.29) is 6.10 Å². The van der Waals surface area contributed by atoms with E-state index in [0.717, 1.165) is 22.4 Å². The van der Waals surface area contributed by atoms with Crippen LogP contribution in [0.3, 0.4) is 0 Å². The van der Waals surface area contributed by atoms with Crippen molar-refractivity contribution in [1.29, 1.82) is 0 Å². The fourth-order valence-electron chi connectivity index (χ4n) is 1.89. The van der Waals surface area contributed by atoms with E-state index in [1.807, 2.05) is 38.1 Å². The first-order valence-corrected chi connectivity index (χ1v) is 5.98. The van der Waals surface area contributed by atoms with Crippen LogP contribution in [0.4, 0.5) is 5.82 Å². The number of benzene rings is 1. The van der Waals surface area contributed by atoms with E-state index in [1.54, 1.807) is 7.11 Å². The van der Waals surface area contributed by atoms with Crippen LogP contribution in [0.5, 0.6) is 0 Å². The van der Waals surface area contributed by atoms with Crippen molar-refractivity contribution >= 4 is 5.82 Å². The van der Waals surface area contributed by atoms with Crippen LogP contribution in [-0.4, -0.2) is 12.1 Å². The first-order chi connectivity index (χ1) is 8.61. The van der Waals surface area contributed by atoms with Crippen molar-refractivity contribution in [3.8, 4) is 11.1 Å². The van der Waals surface area contributed by atoms with Gasteiger partial charge in [0.1, 0.15) is 5.82 Å². The number of methoxy groups -OCH3 is 1.